The highest BCUT2D eigenvalue weighted by Crippen LogP contribution is 2.38. The zero-order valence-corrected chi connectivity index (χ0v) is 18.1. The van der Waals surface area contributed by atoms with E-state index in [9.17, 15) is 18.4 Å². The van der Waals surface area contributed by atoms with Crippen molar-refractivity contribution in [1.82, 2.24) is 4.98 Å². The molecule has 1 aromatic carbocycles. The predicted molar refractivity (Wildman–Crippen MR) is 116 cm³/mol. The molecule has 2 nitrogen and oxygen atoms in total. The van der Waals surface area contributed by atoms with Crippen LogP contribution >= 0.6 is 46.5 Å². The van der Waals surface area contributed by atoms with Gasteiger partial charge < -0.3 is 0 Å². The second kappa shape index (κ2) is 9.90. The highest BCUT2D eigenvalue weighted by Gasteiger charge is 2.36. The van der Waals surface area contributed by atoms with Gasteiger partial charge in [0.2, 0.25) is 0 Å². The van der Waals surface area contributed by atoms with Crippen molar-refractivity contribution in [3.63, 3.8) is 0 Å². The van der Waals surface area contributed by atoms with Gasteiger partial charge in [-0.05, 0) is 35.2 Å². The molecule has 0 spiro atoms. The highest BCUT2D eigenvalue weighted by molar-refractivity contribution is 8.02. The van der Waals surface area contributed by atoms with Gasteiger partial charge in [0.15, 0.2) is 0 Å². The minimum Gasteiger partial charge on any atom is -0.239 e. The molecule has 0 aliphatic rings. The maximum atomic E-state index is 13.5. The van der Waals surface area contributed by atoms with Crippen LogP contribution in [0.3, 0.4) is 0 Å². The molecule has 2 aromatic heterocycles. The number of benzene rings is 1. The minimum atomic E-state index is -4.61. The van der Waals surface area contributed by atoms with Gasteiger partial charge in [0.25, 0.3) is 0 Å². The van der Waals surface area contributed by atoms with Crippen LogP contribution in [-0.4, -0.2) is 16.5 Å². The monoisotopic (exact) mass is 470 g/mol. The molecule has 0 amide bonds. The molecule has 0 atom stereocenters. The summed E-state index contributed by atoms with van der Waals surface area (Å²) in [6.45, 7) is 0. The molecule has 0 bridgehead atoms. The van der Waals surface area contributed by atoms with Crippen LogP contribution < -0.4 is 0 Å². The topological polar surface area (TPSA) is 36.7 Å². The molecule has 0 fully saturated rings. The van der Waals surface area contributed by atoms with Gasteiger partial charge in [-0.2, -0.15) is 30.2 Å². The van der Waals surface area contributed by atoms with Gasteiger partial charge in [-0.3, -0.25) is 0 Å². The SMILES string of the molecule is N#Cc1c(C(F)(F)F)cc(-c2cccs2)nc1SCCSCc1ccc(Cl)cc1. The molecule has 0 aliphatic heterocycles. The summed E-state index contributed by atoms with van der Waals surface area (Å²) in [6, 6.07) is 13.7. The Morgan fingerprint density at radius 2 is 1.90 bits per heavy atom. The van der Waals surface area contributed by atoms with Crippen molar-refractivity contribution in [1.29, 1.82) is 5.26 Å². The standard InChI is InChI=1S/C20H14ClF3N2S3/c21-14-5-3-13(4-6-14)12-27-8-9-29-19-15(11-25)16(20(22,23)24)10-17(26-19)18-2-1-7-28-18/h1-7,10H,8-9,12H2. The smallest absolute Gasteiger partial charge is 0.239 e. The Morgan fingerprint density at radius 1 is 1.14 bits per heavy atom. The van der Waals surface area contributed by atoms with Gasteiger partial charge in [-0.15, -0.1) is 23.1 Å². The lowest BCUT2D eigenvalue weighted by atomic mass is 10.1. The van der Waals surface area contributed by atoms with Crippen LogP contribution in [-0.2, 0) is 11.9 Å². The number of alkyl halides is 3. The molecular weight excluding hydrogens is 457 g/mol. The van der Waals surface area contributed by atoms with E-state index >= 15 is 0 Å². The average molecular weight is 471 g/mol. The van der Waals surface area contributed by atoms with Gasteiger partial charge in [0.05, 0.1) is 21.7 Å². The summed E-state index contributed by atoms with van der Waals surface area (Å²) in [5, 5.41) is 11.9. The number of thiophene rings is 1. The Balaban J connectivity index is 1.72. The number of halogens is 4. The van der Waals surface area contributed by atoms with Crippen LogP contribution in [0, 0.1) is 11.3 Å². The summed E-state index contributed by atoms with van der Waals surface area (Å²) in [5.74, 6) is 2.04. The first-order valence-electron chi connectivity index (χ1n) is 8.39. The quantitative estimate of drug-likeness (QED) is 0.266. The van der Waals surface area contributed by atoms with Crippen LogP contribution in [0.4, 0.5) is 13.2 Å². The van der Waals surface area contributed by atoms with E-state index in [-0.39, 0.29) is 10.7 Å². The lowest BCUT2D eigenvalue weighted by Gasteiger charge is -2.13. The molecule has 0 N–H and O–H groups in total. The van der Waals surface area contributed by atoms with Gasteiger partial charge in [-0.25, -0.2) is 4.98 Å². The number of hydrogen-bond donors (Lipinski definition) is 0. The van der Waals surface area contributed by atoms with Crippen molar-refractivity contribution in [3.05, 3.63) is 69.6 Å². The van der Waals surface area contributed by atoms with E-state index < -0.39 is 17.3 Å². The first-order valence-corrected chi connectivity index (χ1v) is 11.8. The van der Waals surface area contributed by atoms with E-state index in [4.69, 9.17) is 11.6 Å². The summed E-state index contributed by atoms with van der Waals surface area (Å²) < 4.78 is 40.5. The maximum absolute atomic E-state index is 13.5. The van der Waals surface area contributed by atoms with Gasteiger partial charge in [0, 0.05) is 22.3 Å². The second-order valence-electron chi connectivity index (χ2n) is 5.85. The molecule has 0 radical (unpaired) electrons. The number of nitrogens with zero attached hydrogens (tertiary/aromatic N) is 2. The molecule has 0 saturated carbocycles. The van der Waals surface area contributed by atoms with Crippen molar-refractivity contribution >= 4 is 46.5 Å². The molecular formula is C20H14ClF3N2S3. The first kappa shape index (κ1) is 22.0. The number of hydrogen-bond acceptors (Lipinski definition) is 5. The van der Waals surface area contributed by atoms with Crippen LogP contribution in [0.15, 0.2) is 52.9 Å². The Hall–Kier alpha value is -1.66. The Labute approximate surface area is 184 Å². The lowest BCUT2D eigenvalue weighted by molar-refractivity contribution is -0.138. The number of thioether (sulfide) groups is 2. The van der Waals surface area contributed by atoms with Crippen molar-refractivity contribution in [2.24, 2.45) is 0 Å². The molecule has 2 heterocycles. The molecule has 3 rings (SSSR count). The van der Waals surface area contributed by atoms with E-state index in [0.717, 1.165) is 17.4 Å². The van der Waals surface area contributed by atoms with E-state index in [1.165, 1.54) is 23.1 Å². The van der Waals surface area contributed by atoms with Crippen molar-refractivity contribution in [2.75, 3.05) is 11.5 Å². The summed E-state index contributed by atoms with van der Waals surface area (Å²) in [4.78, 5) is 4.99. The predicted octanol–water partition coefficient (Wildman–Crippen LogP) is 7.38. The molecule has 3 aromatic rings. The average Bonchev–Trinajstić information content (AvgIpc) is 3.22. The van der Waals surface area contributed by atoms with Gasteiger partial charge in [0.1, 0.15) is 11.1 Å². The summed E-state index contributed by atoms with van der Waals surface area (Å²) in [6.07, 6.45) is -4.61. The van der Waals surface area contributed by atoms with Gasteiger partial charge >= 0.3 is 6.18 Å². The van der Waals surface area contributed by atoms with Crippen molar-refractivity contribution in [2.45, 2.75) is 17.0 Å². The third-order valence-corrected chi connectivity index (χ3v) is 7.24. The second-order valence-corrected chi connectivity index (χ2v) is 9.42. The summed E-state index contributed by atoms with van der Waals surface area (Å²) in [5.41, 5.74) is 0.0159. The third kappa shape index (κ3) is 5.92. The maximum Gasteiger partial charge on any atom is 0.417 e. The summed E-state index contributed by atoms with van der Waals surface area (Å²) >= 11 is 10.0. The lowest BCUT2D eigenvalue weighted by Crippen LogP contribution is -2.10. The number of aromatic nitrogens is 1. The fourth-order valence-corrected chi connectivity index (χ4v) is 5.32. The van der Waals surface area contributed by atoms with E-state index in [1.807, 2.05) is 24.3 Å². The largest absolute Gasteiger partial charge is 0.417 e. The molecule has 0 aliphatic carbocycles. The molecule has 0 saturated heterocycles. The zero-order chi connectivity index (χ0) is 20.9. The van der Waals surface area contributed by atoms with Crippen molar-refractivity contribution in [3.8, 4) is 16.6 Å². The van der Waals surface area contributed by atoms with Crippen LogP contribution in [0.2, 0.25) is 5.02 Å². The zero-order valence-electron chi connectivity index (χ0n) is 14.9. The molecule has 150 valence electrons. The Bertz CT molecular complexity index is 998. The van der Waals surface area contributed by atoms with Crippen LogP contribution in [0.5, 0.6) is 0 Å². The first-order chi connectivity index (χ1) is 13.9. The van der Waals surface area contributed by atoms with Gasteiger partial charge in [-0.1, -0.05) is 29.8 Å². The van der Waals surface area contributed by atoms with E-state index in [1.54, 1.807) is 35.3 Å². The Morgan fingerprint density at radius 3 is 2.52 bits per heavy atom. The van der Waals surface area contributed by atoms with Crippen LogP contribution in [0.25, 0.3) is 10.6 Å². The number of pyridine rings is 1. The fraction of sp³-hybridized carbons (Fsp3) is 0.200. The summed E-state index contributed by atoms with van der Waals surface area (Å²) in [7, 11) is 0. The Kier molecular flexibility index (Phi) is 7.52. The van der Waals surface area contributed by atoms with Crippen LogP contribution in [0.1, 0.15) is 16.7 Å². The molecule has 9 heteroatoms. The highest BCUT2D eigenvalue weighted by atomic mass is 35.5. The fourth-order valence-electron chi connectivity index (χ4n) is 2.48. The number of rotatable bonds is 7. The number of nitriles is 1. The normalized spacial score (nSPS) is 11.4. The van der Waals surface area contributed by atoms with E-state index in [2.05, 4.69) is 4.98 Å². The van der Waals surface area contributed by atoms with Crippen molar-refractivity contribution < 1.29 is 13.2 Å². The van der Waals surface area contributed by atoms with E-state index in [0.29, 0.717) is 21.4 Å². The third-order valence-electron chi connectivity index (χ3n) is 3.83. The minimum absolute atomic E-state index is 0.123. The molecule has 29 heavy (non-hydrogen) atoms. The molecule has 0 unspecified atom stereocenters.